The standard InChI is InChI=1S/C27H27F2N3O2/c1-27(2,31-25(33)20-11-4-6-13-22(20)29)26(34)32-16-8-15-24(32)23-14-7-10-19(30-23)17-18-9-3-5-12-21(18)28/h3-7,9-14,24H,8,15-17H2,1-2H3,(H,31,33)/t24-/m0/s1. The number of carbonyl (C=O) groups excluding carboxylic acids is 2. The zero-order valence-electron chi connectivity index (χ0n) is 19.2. The zero-order chi connectivity index (χ0) is 24.3. The van der Waals surface area contributed by atoms with E-state index in [0.717, 1.165) is 18.5 Å². The average molecular weight is 464 g/mol. The third-order valence-electron chi connectivity index (χ3n) is 6.09. The fraction of sp³-hybridized carbons (Fsp3) is 0.296. The molecule has 176 valence electrons. The molecular formula is C27H27F2N3O2. The summed E-state index contributed by atoms with van der Waals surface area (Å²) in [5.41, 5.74) is 0.657. The molecule has 1 aliphatic rings. The van der Waals surface area contributed by atoms with Crippen LogP contribution in [0.4, 0.5) is 8.78 Å². The van der Waals surface area contributed by atoms with Crippen LogP contribution in [0.5, 0.6) is 0 Å². The molecule has 1 aromatic heterocycles. The summed E-state index contributed by atoms with van der Waals surface area (Å²) in [5.74, 6) is -1.82. The fourth-order valence-corrected chi connectivity index (χ4v) is 4.35. The second-order valence-corrected chi connectivity index (χ2v) is 9.04. The highest BCUT2D eigenvalue weighted by atomic mass is 19.1. The van der Waals surface area contributed by atoms with Crippen LogP contribution < -0.4 is 5.32 Å². The molecule has 1 aliphatic heterocycles. The van der Waals surface area contributed by atoms with Crippen molar-refractivity contribution in [2.24, 2.45) is 0 Å². The van der Waals surface area contributed by atoms with Gasteiger partial charge in [0.15, 0.2) is 0 Å². The number of hydrogen-bond acceptors (Lipinski definition) is 3. The molecule has 1 N–H and O–H groups in total. The molecule has 0 spiro atoms. The Morgan fingerprint density at radius 3 is 2.44 bits per heavy atom. The van der Waals surface area contributed by atoms with Crippen molar-refractivity contribution in [2.75, 3.05) is 6.54 Å². The van der Waals surface area contributed by atoms with E-state index in [1.165, 1.54) is 24.3 Å². The molecule has 5 nitrogen and oxygen atoms in total. The van der Waals surface area contributed by atoms with Crippen LogP contribution in [-0.4, -0.2) is 33.8 Å². The Morgan fingerprint density at radius 1 is 1.00 bits per heavy atom. The van der Waals surface area contributed by atoms with Gasteiger partial charge in [0.2, 0.25) is 5.91 Å². The molecule has 3 aromatic rings. The lowest BCUT2D eigenvalue weighted by atomic mass is 10.0. The largest absolute Gasteiger partial charge is 0.338 e. The van der Waals surface area contributed by atoms with Gasteiger partial charge in [0.05, 0.1) is 17.3 Å². The SMILES string of the molecule is CC(C)(NC(=O)c1ccccc1F)C(=O)N1CCC[C@H]1c1cccc(Cc2ccccc2F)n1. The molecule has 0 bridgehead atoms. The van der Waals surface area contributed by atoms with Gasteiger partial charge in [-0.05, 0) is 62.6 Å². The Morgan fingerprint density at radius 2 is 1.71 bits per heavy atom. The molecule has 34 heavy (non-hydrogen) atoms. The molecule has 0 aliphatic carbocycles. The molecule has 0 unspecified atom stereocenters. The lowest BCUT2D eigenvalue weighted by Gasteiger charge is -2.33. The van der Waals surface area contributed by atoms with Gasteiger partial charge >= 0.3 is 0 Å². The van der Waals surface area contributed by atoms with Crippen LogP contribution in [0.3, 0.4) is 0 Å². The number of aromatic nitrogens is 1. The van der Waals surface area contributed by atoms with Gasteiger partial charge in [-0.3, -0.25) is 14.6 Å². The van der Waals surface area contributed by atoms with Gasteiger partial charge in [0.25, 0.3) is 5.91 Å². The first-order valence-corrected chi connectivity index (χ1v) is 11.3. The molecular weight excluding hydrogens is 436 g/mol. The van der Waals surface area contributed by atoms with Crippen molar-refractivity contribution in [2.45, 2.75) is 44.7 Å². The van der Waals surface area contributed by atoms with Gasteiger partial charge in [-0.25, -0.2) is 8.78 Å². The monoisotopic (exact) mass is 463 g/mol. The highest BCUT2D eigenvalue weighted by Gasteiger charge is 2.40. The predicted octanol–water partition coefficient (Wildman–Crippen LogP) is 4.82. The summed E-state index contributed by atoms with van der Waals surface area (Å²) in [4.78, 5) is 32.5. The van der Waals surface area contributed by atoms with E-state index in [1.807, 2.05) is 18.2 Å². The number of carbonyl (C=O) groups is 2. The number of amides is 2. The van der Waals surface area contributed by atoms with Crippen LogP contribution in [-0.2, 0) is 11.2 Å². The van der Waals surface area contributed by atoms with Crippen molar-refractivity contribution in [3.63, 3.8) is 0 Å². The Balaban J connectivity index is 1.51. The quantitative estimate of drug-likeness (QED) is 0.570. The van der Waals surface area contributed by atoms with Crippen molar-refractivity contribution in [1.29, 1.82) is 0 Å². The van der Waals surface area contributed by atoms with E-state index in [9.17, 15) is 18.4 Å². The lowest BCUT2D eigenvalue weighted by molar-refractivity contribution is -0.137. The highest BCUT2D eigenvalue weighted by Crippen LogP contribution is 2.33. The molecule has 1 atom stereocenters. The number of likely N-dealkylation sites (tertiary alicyclic amines) is 1. The molecule has 0 radical (unpaired) electrons. The fourth-order valence-electron chi connectivity index (χ4n) is 4.35. The number of halogens is 2. The molecule has 7 heteroatoms. The minimum absolute atomic E-state index is 0.108. The minimum atomic E-state index is -1.24. The normalized spacial score (nSPS) is 15.9. The van der Waals surface area contributed by atoms with Gasteiger partial charge in [0, 0.05) is 18.7 Å². The zero-order valence-corrected chi connectivity index (χ0v) is 19.2. The van der Waals surface area contributed by atoms with Crippen molar-refractivity contribution in [3.8, 4) is 0 Å². The minimum Gasteiger partial charge on any atom is -0.338 e. The third-order valence-corrected chi connectivity index (χ3v) is 6.09. The van der Waals surface area contributed by atoms with E-state index in [1.54, 1.807) is 43.0 Å². The number of benzene rings is 2. The topological polar surface area (TPSA) is 62.3 Å². The van der Waals surface area contributed by atoms with Gasteiger partial charge in [-0.15, -0.1) is 0 Å². The Labute approximate surface area is 197 Å². The van der Waals surface area contributed by atoms with Crippen molar-refractivity contribution in [1.82, 2.24) is 15.2 Å². The Kier molecular flexibility index (Phi) is 6.72. The maximum atomic E-state index is 14.1. The van der Waals surface area contributed by atoms with Crippen LogP contribution in [0.1, 0.15) is 60.0 Å². The first kappa shape index (κ1) is 23.5. The Hall–Kier alpha value is -3.61. The summed E-state index contributed by atoms with van der Waals surface area (Å²) in [6, 6.07) is 17.6. The summed E-state index contributed by atoms with van der Waals surface area (Å²) >= 11 is 0. The van der Waals surface area contributed by atoms with Crippen LogP contribution in [0.2, 0.25) is 0 Å². The van der Waals surface area contributed by atoms with Crippen LogP contribution in [0.15, 0.2) is 66.7 Å². The van der Waals surface area contributed by atoms with E-state index in [2.05, 4.69) is 5.32 Å². The second kappa shape index (κ2) is 9.71. The first-order valence-electron chi connectivity index (χ1n) is 11.3. The van der Waals surface area contributed by atoms with Crippen LogP contribution in [0.25, 0.3) is 0 Å². The number of nitrogens with zero attached hydrogens (tertiary/aromatic N) is 2. The summed E-state index contributed by atoms with van der Waals surface area (Å²) in [7, 11) is 0. The number of nitrogens with one attached hydrogen (secondary N) is 1. The van der Waals surface area contributed by atoms with E-state index in [-0.39, 0.29) is 23.3 Å². The van der Waals surface area contributed by atoms with Gasteiger partial charge < -0.3 is 10.2 Å². The number of hydrogen-bond donors (Lipinski definition) is 1. The van der Waals surface area contributed by atoms with Crippen molar-refractivity contribution < 1.29 is 18.4 Å². The summed E-state index contributed by atoms with van der Waals surface area (Å²) in [5, 5.41) is 2.68. The molecule has 2 amide bonds. The molecule has 0 saturated carbocycles. The van der Waals surface area contributed by atoms with E-state index < -0.39 is 17.3 Å². The lowest BCUT2D eigenvalue weighted by Crippen LogP contribution is -2.55. The number of pyridine rings is 1. The van der Waals surface area contributed by atoms with E-state index in [0.29, 0.717) is 24.2 Å². The summed E-state index contributed by atoms with van der Waals surface area (Å²) in [6.45, 7) is 3.76. The van der Waals surface area contributed by atoms with Gasteiger partial charge in [-0.1, -0.05) is 36.4 Å². The van der Waals surface area contributed by atoms with Crippen molar-refractivity contribution in [3.05, 3.63) is 101 Å². The van der Waals surface area contributed by atoms with Crippen molar-refractivity contribution >= 4 is 11.8 Å². The Bertz CT molecular complexity index is 1210. The average Bonchev–Trinajstić information content (AvgIpc) is 3.30. The maximum Gasteiger partial charge on any atom is 0.255 e. The second-order valence-electron chi connectivity index (χ2n) is 9.04. The smallest absolute Gasteiger partial charge is 0.255 e. The molecule has 1 saturated heterocycles. The third kappa shape index (κ3) is 4.98. The predicted molar refractivity (Wildman–Crippen MR) is 125 cm³/mol. The molecule has 2 heterocycles. The first-order chi connectivity index (χ1) is 16.3. The van der Waals surface area contributed by atoms with Gasteiger partial charge in [-0.2, -0.15) is 0 Å². The summed E-state index contributed by atoms with van der Waals surface area (Å²) < 4.78 is 28.1. The van der Waals surface area contributed by atoms with Crippen LogP contribution in [0, 0.1) is 11.6 Å². The van der Waals surface area contributed by atoms with Crippen LogP contribution >= 0.6 is 0 Å². The maximum absolute atomic E-state index is 14.1. The summed E-state index contributed by atoms with van der Waals surface area (Å²) in [6.07, 6.45) is 1.89. The van der Waals surface area contributed by atoms with E-state index >= 15 is 0 Å². The van der Waals surface area contributed by atoms with Gasteiger partial charge in [0.1, 0.15) is 17.2 Å². The number of rotatable bonds is 6. The molecule has 4 rings (SSSR count). The molecule has 2 aromatic carbocycles. The van der Waals surface area contributed by atoms with E-state index in [4.69, 9.17) is 4.98 Å². The molecule has 1 fully saturated rings. The highest BCUT2D eigenvalue weighted by molar-refractivity contribution is 5.99.